The fourth-order valence-corrected chi connectivity index (χ4v) is 2.62. The van der Waals surface area contributed by atoms with Crippen molar-refractivity contribution in [3.63, 3.8) is 0 Å². The second-order valence-electron chi connectivity index (χ2n) is 5.73. The van der Waals surface area contributed by atoms with Crippen LogP contribution in [0.25, 0.3) is 0 Å². The minimum atomic E-state index is -0.203. The lowest BCUT2D eigenvalue weighted by Gasteiger charge is -2.11. The Balaban J connectivity index is 1.89. The van der Waals surface area contributed by atoms with Gasteiger partial charge in [0.15, 0.2) is 0 Å². The first-order valence-corrected chi connectivity index (χ1v) is 7.73. The average molecular weight is 304 g/mol. The van der Waals surface area contributed by atoms with Crippen LogP contribution in [0.5, 0.6) is 5.75 Å². The molecule has 0 aliphatic carbocycles. The molecule has 1 unspecified atom stereocenters. The normalized spacial score (nSPS) is 11.3. The van der Waals surface area contributed by atoms with Crippen LogP contribution in [-0.4, -0.2) is 6.61 Å². The highest BCUT2D eigenvalue weighted by molar-refractivity contribution is 5.36. The van der Waals surface area contributed by atoms with Crippen LogP contribution >= 0.6 is 0 Å². The molecule has 0 N–H and O–H groups in total. The van der Waals surface area contributed by atoms with Gasteiger partial charge in [0.05, 0.1) is 30.2 Å². The standard InChI is InChI=1S/C20H20N2O/c1-15-9-16(2)11-20(10-15)23-8-4-7-19(14-22)18-6-3-5-17(12-18)13-21/h3,5-6,9-12,19H,4,7-8H2,1-2H3. The summed E-state index contributed by atoms with van der Waals surface area (Å²) in [7, 11) is 0. The van der Waals surface area contributed by atoms with Crippen LogP contribution in [0, 0.1) is 36.5 Å². The van der Waals surface area contributed by atoms with E-state index in [0.29, 0.717) is 12.2 Å². The van der Waals surface area contributed by atoms with Gasteiger partial charge in [-0.1, -0.05) is 18.2 Å². The van der Waals surface area contributed by atoms with Crippen molar-refractivity contribution in [3.05, 3.63) is 64.7 Å². The smallest absolute Gasteiger partial charge is 0.119 e. The third kappa shape index (κ3) is 4.87. The molecule has 3 nitrogen and oxygen atoms in total. The van der Waals surface area contributed by atoms with Crippen molar-refractivity contribution in [3.8, 4) is 17.9 Å². The van der Waals surface area contributed by atoms with E-state index in [-0.39, 0.29) is 5.92 Å². The fourth-order valence-electron chi connectivity index (χ4n) is 2.62. The monoisotopic (exact) mass is 304 g/mol. The molecule has 2 aromatic carbocycles. The lowest BCUT2D eigenvalue weighted by atomic mass is 9.94. The van der Waals surface area contributed by atoms with Gasteiger partial charge < -0.3 is 4.74 Å². The van der Waals surface area contributed by atoms with Crippen LogP contribution in [0.1, 0.15) is 41.0 Å². The van der Waals surface area contributed by atoms with Crippen molar-refractivity contribution in [2.45, 2.75) is 32.6 Å². The lowest BCUT2D eigenvalue weighted by Crippen LogP contribution is -2.02. The molecule has 23 heavy (non-hydrogen) atoms. The minimum Gasteiger partial charge on any atom is -0.494 e. The van der Waals surface area contributed by atoms with Crippen molar-refractivity contribution in [2.75, 3.05) is 6.61 Å². The third-order valence-electron chi connectivity index (χ3n) is 3.67. The van der Waals surface area contributed by atoms with Gasteiger partial charge in [-0.25, -0.2) is 0 Å². The predicted octanol–water partition coefficient (Wildman–Crippen LogP) is 4.64. The zero-order valence-corrected chi connectivity index (χ0v) is 13.5. The molecule has 1 atom stereocenters. The molecular formula is C20H20N2O. The summed E-state index contributed by atoms with van der Waals surface area (Å²) < 4.78 is 5.78. The summed E-state index contributed by atoms with van der Waals surface area (Å²) in [6, 6.07) is 17.9. The maximum atomic E-state index is 9.36. The quantitative estimate of drug-likeness (QED) is 0.730. The van der Waals surface area contributed by atoms with Crippen molar-refractivity contribution in [1.29, 1.82) is 10.5 Å². The number of ether oxygens (including phenoxy) is 1. The number of benzene rings is 2. The van der Waals surface area contributed by atoms with Gasteiger partial charge in [-0.3, -0.25) is 0 Å². The Kier molecular flexibility index (Phi) is 5.78. The number of hydrogen-bond acceptors (Lipinski definition) is 3. The van der Waals surface area contributed by atoms with Gasteiger partial charge in [0.25, 0.3) is 0 Å². The Bertz CT molecular complexity index is 733. The molecule has 116 valence electrons. The Hall–Kier alpha value is -2.78. The lowest BCUT2D eigenvalue weighted by molar-refractivity contribution is 0.304. The summed E-state index contributed by atoms with van der Waals surface area (Å²) in [5.41, 5.74) is 3.86. The van der Waals surface area contributed by atoms with Gasteiger partial charge in [-0.05, 0) is 67.6 Å². The highest BCUT2D eigenvalue weighted by atomic mass is 16.5. The van der Waals surface area contributed by atoms with Crippen molar-refractivity contribution >= 4 is 0 Å². The molecule has 2 aromatic rings. The summed E-state index contributed by atoms with van der Waals surface area (Å²) in [4.78, 5) is 0. The summed E-state index contributed by atoms with van der Waals surface area (Å²) in [6.45, 7) is 4.68. The first-order chi connectivity index (χ1) is 11.1. The van der Waals surface area contributed by atoms with Crippen LogP contribution in [-0.2, 0) is 0 Å². The molecule has 0 heterocycles. The summed E-state index contributed by atoms with van der Waals surface area (Å²) in [5.74, 6) is 0.675. The van der Waals surface area contributed by atoms with E-state index < -0.39 is 0 Å². The van der Waals surface area contributed by atoms with E-state index in [9.17, 15) is 5.26 Å². The molecule has 0 radical (unpaired) electrons. The number of nitriles is 2. The van der Waals surface area contributed by atoms with Crippen LogP contribution in [0.4, 0.5) is 0 Å². The van der Waals surface area contributed by atoms with Gasteiger partial charge in [0.1, 0.15) is 5.75 Å². The SMILES string of the molecule is Cc1cc(C)cc(OCCCC(C#N)c2cccc(C#N)c2)c1. The van der Waals surface area contributed by atoms with Crippen molar-refractivity contribution < 1.29 is 4.74 Å². The van der Waals surface area contributed by atoms with Crippen LogP contribution in [0.15, 0.2) is 42.5 Å². The van der Waals surface area contributed by atoms with E-state index in [4.69, 9.17) is 10.00 Å². The van der Waals surface area contributed by atoms with Crippen LogP contribution in [0.2, 0.25) is 0 Å². The summed E-state index contributed by atoms with van der Waals surface area (Å²) in [5, 5.41) is 18.3. The van der Waals surface area contributed by atoms with E-state index in [1.807, 2.05) is 38.1 Å². The zero-order chi connectivity index (χ0) is 16.7. The van der Waals surface area contributed by atoms with E-state index in [1.165, 1.54) is 11.1 Å². The largest absolute Gasteiger partial charge is 0.494 e. The molecular weight excluding hydrogens is 284 g/mol. The number of hydrogen-bond donors (Lipinski definition) is 0. The molecule has 0 saturated heterocycles. The number of nitrogens with zero attached hydrogens (tertiary/aromatic N) is 2. The highest BCUT2D eigenvalue weighted by Gasteiger charge is 2.11. The molecule has 0 aliphatic rings. The van der Waals surface area contributed by atoms with Crippen LogP contribution < -0.4 is 4.74 Å². The predicted molar refractivity (Wildman–Crippen MR) is 90.2 cm³/mol. The summed E-state index contributed by atoms with van der Waals surface area (Å²) in [6.07, 6.45) is 1.51. The Labute approximate surface area is 137 Å². The van der Waals surface area contributed by atoms with E-state index in [2.05, 4.69) is 18.2 Å². The highest BCUT2D eigenvalue weighted by Crippen LogP contribution is 2.22. The molecule has 0 saturated carbocycles. The van der Waals surface area contributed by atoms with Gasteiger partial charge in [0.2, 0.25) is 0 Å². The first kappa shape index (κ1) is 16.6. The van der Waals surface area contributed by atoms with Gasteiger partial charge in [-0.2, -0.15) is 10.5 Å². The van der Waals surface area contributed by atoms with E-state index in [0.717, 1.165) is 24.2 Å². The van der Waals surface area contributed by atoms with Crippen molar-refractivity contribution in [2.24, 2.45) is 0 Å². The molecule has 0 aromatic heterocycles. The Morgan fingerprint density at radius 3 is 2.43 bits per heavy atom. The van der Waals surface area contributed by atoms with Crippen LogP contribution in [0.3, 0.4) is 0 Å². The Morgan fingerprint density at radius 1 is 1.04 bits per heavy atom. The van der Waals surface area contributed by atoms with Gasteiger partial charge in [0, 0.05) is 0 Å². The molecule has 0 fully saturated rings. The minimum absolute atomic E-state index is 0.203. The fraction of sp³-hybridized carbons (Fsp3) is 0.300. The van der Waals surface area contributed by atoms with Gasteiger partial charge >= 0.3 is 0 Å². The second-order valence-corrected chi connectivity index (χ2v) is 5.73. The summed E-state index contributed by atoms with van der Waals surface area (Å²) >= 11 is 0. The Morgan fingerprint density at radius 2 is 1.78 bits per heavy atom. The molecule has 0 spiro atoms. The zero-order valence-electron chi connectivity index (χ0n) is 13.5. The topological polar surface area (TPSA) is 56.8 Å². The maximum absolute atomic E-state index is 9.36. The molecule has 0 aliphatic heterocycles. The van der Waals surface area contributed by atoms with Gasteiger partial charge in [-0.15, -0.1) is 0 Å². The first-order valence-electron chi connectivity index (χ1n) is 7.73. The molecule has 0 amide bonds. The second kappa shape index (κ2) is 8.01. The third-order valence-corrected chi connectivity index (χ3v) is 3.67. The van der Waals surface area contributed by atoms with E-state index in [1.54, 1.807) is 12.1 Å². The number of aryl methyl sites for hydroxylation is 2. The maximum Gasteiger partial charge on any atom is 0.119 e. The average Bonchev–Trinajstić information content (AvgIpc) is 2.54. The van der Waals surface area contributed by atoms with Crippen molar-refractivity contribution in [1.82, 2.24) is 0 Å². The molecule has 2 rings (SSSR count). The number of rotatable bonds is 6. The molecule has 3 heteroatoms. The van der Waals surface area contributed by atoms with E-state index >= 15 is 0 Å². The molecule has 0 bridgehead atoms.